The molecule has 150 valence electrons. The van der Waals surface area contributed by atoms with Gasteiger partial charge in [0, 0.05) is 25.4 Å². The highest BCUT2D eigenvalue weighted by molar-refractivity contribution is 6.18. The summed E-state index contributed by atoms with van der Waals surface area (Å²) >= 11 is 0. The van der Waals surface area contributed by atoms with E-state index in [1.807, 2.05) is 45.0 Å². The van der Waals surface area contributed by atoms with Gasteiger partial charge in [-0.2, -0.15) is 0 Å². The molecule has 1 aromatic heterocycles. The van der Waals surface area contributed by atoms with Gasteiger partial charge in [0.05, 0.1) is 12.7 Å². The van der Waals surface area contributed by atoms with Gasteiger partial charge in [-0.1, -0.05) is 18.2 Å². The summed E-state index contributed by atoms with van der Waals surface area (Å²) in [5, 5.41) is 2.86. The van der Waals surface area contributed by atoms with Crippen LogP contribution in [-0.2, 0) is 9.53 Å². The summed E-state index contributed by atoms with van der Waals surface area (Å²) in [6, 6.07) is 12.2. The number of hydrogen-bond acceptors (Lipinski definition) is 4. The number of nitrogens with zero attached hydrogens (tertiary/aromatic N) is 1. The predicted molar refractivity (Wildman–Crippen MR) is 111 cm³/mol. The molecule has 0 aliphatic carbocycles. The first kappa shape index (κ1) is 21.4. The normalized spacial score (nSPS) is 11.5. The summed E-state index contributed by atoms with van der Waals surface area (Å²) in [4.78, 5) is 25.0. The third-order valence-corrected chi connectivity index (χ3v) is 3.87. The molecule has 0 unspecified atom stereocenters. The Morgan fingerprint density at radius 3 is 2.57 bits per heavy atom. The number of hydrogen-bond donors (Lipinski definition) is 1. The molecule has 1 heterocycles. The van der Waals surface area contributed by atoms with Crippen LogP contribution in [0.4, 0.5) is 0 Å². The Bertz CT molecular complexity index is 838. The number of aromatic nitrogens is 1. The summed E-state index contributed by atoms with van der Waals surface area (Å²) in [7, 11) is 0. The Morgan fingerprint density at radius 2 is 1.93 bits per heavy atom. The molecule has 0 aliphatic heterocycles. The van der Waals surface area contributed by atoms with Gasteiger partial charge in [0.25, 0.3) is 11.5 Å². The molecule has 28 heavy (non-hydrogen) atoms. The Morgan fingerprint density at radius 1 is 1.18 bits per heavy atom. The van der Waals surface area contributed by atoms with E-state index in [4.69, 9.17) is 9.47 Å². The lowest BCUT2D eigenvalue weighted by atomic mass is 10.1. The average molecular weight is 384 g/mol. The van der Waals surface area contributed by atoms with Crippen molar-refractivity contribution in [3.63, 3.8) is 0 Å². The molecule has 1 N–H and O–H groups in total. The number of amides is 1. The number of rotatable bonds is 10. The minimum Gasteiger partial charge on any atom is -0.494 e. The zero-order valence-electron chi connectivity index (χ0n) is 16.7. The molecule has 0 bridgehead atoms. The zero-order chi connectivity index (χ0) is 20.4. The molecule has 0 radical (unpaired) electrons. The van der Waals surface area contributed by atoms with Gasteiger partial charge >= 0.3 is 0 Å². The quantitative estimate of drug-likeness (QED) is 0.505. The van der Waals surface area contributed by atoms with Crippen molar-refractivity contribution in [3.8, 4) is 5.75 Å². The van der Waals surface area contributed by atoms with Gasteiger partial charge in [-0.05, 0) is 57.0 Å². The van der Waals surface area contributed by atoms with Crippen LogP contribution in [0.15, 0.2) is 53.5 Å². The van der Waals surface area contributed by atoms with Crippen molar-refractivity contribution in [2.24, 2.45) is 0 Å². The summed E-state index contributed by atoms with van der Waals surface area (Å²) in [6.07, 6.45) is 4.14. The van der Waals surface area contributed by atoms with Crippen molar-refractivity contribution in [1.29, 1.82) is 0 Å². The van der Waals surface area contributed by atoms with E-state index in [1.54, 1.807) is 24.4 Å². The zero-order valence-corrected chi connectivity index (χ0v) is 16.7. The molecule has 0 atom stereocenters. The Labute approximate surface area is 165 Å². The van der Waals surface area contributed by atoms with Crippen LogP contribution in [0, 0.1) is 0 Å². The van der Waals surface area contributed by atoms with Gasteiger partial charge < -0.3 is 14.8 Å². The van der Waals surface area contributed by atoms with Gasteiger partial charge in [-0.3, -0.25) is 14.2 Å². The van der Waals surface area contributed by atoms with Crippen LogP contribution in [0.5, 0.6) is 5.75 Å². The Kier molecular flexibility index (Phi) is 8.49. The van der Waals surface area contributed by atoms with E-state index in [-0.39, 0.29) is 23.3 Å². The lowest BCUT2D eigenvalue weighted by Gasteiger charge is -2.12. The molecule has 2 rings (SSSR count). The molecule has 0 fully saturated rings. The van der Waals surface area contributed by atoms with Crippen LogP contribution in [0.25, 0.3) is 11.8 Å². The third-order valence-electron chi connectivity index (χ3n) is 3.87. The standard InChI is InChI=1S/C22H28N2O4/c1-4-27-19-11-9-18(10-12-19)16-20(24-14-6-5-8-21(24)25)22(26)23-13-7-15-28-17(2)3/h5-6,8-12,14,16-17H,4,7,13,15H2,1-3H3,(H,23,26)/b20-16+. The van der Waals surface area contributed by atoms with Crippen LogP contribution in [0.1, 0.15) is 32.8 Å². The summed E-state index contributed by atoms with van der Waals surface area (Å²) in [5.41, 5.74) is 0.796. The third kappa shape index (κ3) is 6.70. The number of carbonyl (C=O) groups is 1. The molecule has 2 aromatic rings. The Hall–Kier alpha value is -2.86. The fraction of sp³-hybridized carbons (Fsp3) is 0.364. The van der Waals surface area contributed by atoms with Gasteiger partial charge in [0.2, 0.25) is 0 Å². The van der Waals surface area contributed by atoms with Gasteiger partial charge in [-0.25, -0.2) is 0 Å². The SMILES string of the molecule is CCOc1ccc(/C=C(\C(=O)NCCCOC(C)C)n2ccccc2=O)cc1. The van der Waals surface area contributed by atoms with Crippen LogP contribution in [0.3, 0.4) is 0 Å². The maximum atomic E-state index is 12.8. The fourth-order valence-electron chi connectivity index (χ4n) is 2.54. The Balaban J connectivity index is 2.19. The van der Waals surface area contributed by atoms with E-state index < -0.39 is 0 Å². The second-order valence-corrected chi connectivity index (χ2v) is 6.47. The molecule has 0 saturated heterocycles. The number of carbonyl (C=O) groups excluding carboxylic acids is 1. The largest absolute Gasteiger partial charge is 0.494 e. The van der Waals surface area contributed by atoms with Gasteiger partial charge in [0.15, 0.2) is 0 Å². The van der Waals surface area contributed by atoms with E-state index in [0.717, 1.165) is 11.3 Å². The van der Waals surface area contributed by atoms with Crippen molar-refractivity contribution >= 4 is 17.7 Å². The molecular formula is C22H28N2O4. The van der Waals surface area contributed by atoms with Crippen LogP contribution in [-0.4, -0.2) is 36.3 Å². The molecule has 6 heteroatoms. The van der Waals surface area contributed by atoms with Crippen LogP contribution in [0.2, 0.25) is 0 Å². The minimum atomic E-state index is -0.313. The highest BCUT2D eigenvalue weighted by atomic mass is 16.5. The molecule has 1 aromatic carbocycles. The summed E-state index contributed by atoms with van der Waals surface area (Å²) in [6.45, 7) is 7.48. The highest BCUT2D eigenvalue weighted by Gasteiger charge is 2.13. The summed E-state index contributed by atoms with van der Waals surface area (Å²) < 4.78 is 12.3. The van der Waals surface area contributed by atoms with Crippen molar-refractivity contribution in [1.82, 2.24) is 9.88 Å². The smallest absolute Gasteiger partial charge is 0.268 e. The maximum Gasteiger partial charge on any atom is 0.268 e. The first-order chi connectivity index (χ1) is 13.5. The van der Waals surface area contributed by atoms with E-state index in [0.29, 0.717) is 26.2 Å². The molecule has 0 aliphatic rings. The number of ether oxygens (including phenoxy) is 2. The second kappa shape index (κ2) is 11.1. The van der Waals surface area contributed by atoms with Crippen molar-refractivity contribution in [2.75, 3.05) is 19.8 Å². The van der Waals surface area contributed by atoms with E-state index >= 15 is 0 Å². The van der Waals surface area contributed by atoms with Gasteiger partial charge in [-0.15, -0.1) is 0 Å². The number of benzene rings is 1. The van der Waals surface area contributed by atoms with E-state index in [9.17, 15) is 9.59 Å². The first-order valence-corrected chi connectivity index (χ1v) is 9.53. The van der Waals surface area contributed by atoms with Crippen LogP contribution >= 0.6 is 0 Å². The topological polar surface area (TPSA) is 69.6 Å². The van der Waals surface area contributed by atoms with Crippen molar-refractivity contribution in [2.45, 2.75) is 33.3 Å². The number of pyridine rings is 1. The first-order valence-electron chi connectivity index (χ1n) is 9.53. The lowest BCUT2D eigenvalue weighted by Crippen LogP contribution is -2.31. The lowest BCUT2D eigenvalue weighted by molar-refractivity contribution is -0.116. The van der Waals surface area contributed by atoms with Crippen LogP contribution < -0.4 is 15.6 Å². The summed E-state index contributed by atoms with van der Waals surface area (Å²) in [5.74, 6) is 0.444. The molecule has 0 spiro atoms. The van der Waals surface area contributed by atoms with E-state index in [2.05, 4.69) is 5.32 Å². The molecular weight excluding hydrogens is 356 g/mol. The molecule has 0 saturated carbocycles. The molecule has 6 nitrogen and oxygen atoms in total. The molecule has 1 amide bonds. The number of nitrogens with one attached hydrogen (secondary N) is 1. The van der Waals surface area contributed by atoms with E-state index in [1.165, 1.54) is 10.6 Å². The monoisotopic (exact) mass is 384 g/mol. The van der Waals surface area contributed by atoms with Crippen molar-refractivity contribution in [3.05, 3.63) is 64.6 Å². The second-order valence-electron chi connectivity index (χ2n) is 6.47. The van der Waals surface area contributed by atoms with Crippen molar-refractivity contribution < 1.29 is 14.3 Å². The fourth-order valence-corrected chi connectivity index (χ4v) is 2.54. The van der Waals surface area contributed by atoms with Gasteiger partial charge in [0.1, 0.15) is 11.4 Å². The average Bonchev–Trinajstić information content (AvgIpc) is 2.67. The minimum absolute atomic E-state index is 0.161. The highest BCUT2D eigenvalue weighted by Crippen LogP contribution is 2.16. The maximum absolute atomic E-state index is 12.8. The predicted octanol–water partition coefficient (Wildman–Crippen LogP) is 3.18.